The van der Waals surface area contributed by atoms with Gasteiger partial charge >= 0.3 is 5.97 Å². The maximum absolute atomic E-state index is 11.1. The van der Waals surface area contributed by atoms with E-state index in [0.717, 1.165) is 19.3 Å². The maximum Gasteiger partial charge on any atom is 0.337 e. The molecule has 1 aromatic rings. The molecule has 0 spiro atoms. The molecule has 0 fully saturated rings. The minimum absolute atomic E-state index is 0.125. The number of carboxylic acids is 1. The van der Waals surface area contributed by atoms with Crippen LogP contribution in [0.25, 0.3) is 0 Å². The third-order valence-corrected chi connectivity index (χ3v) is 2.70. The topological polar surface area (TPSA) is 90.4 Å². The highest BCUT2D eigenvalue weighted by Crippen LogP contribution is 2.20. The third-order valence-electron chi connectivity index (χ3n) is 2.70. The first-order valence-corrected chi connectivity index (χ1v) is 6.01. The normalized spacial score (nSPS) is 10.1. The van der Waals surface area contributed by atoms with Crippen LogP contribution in [0.2, 0.25) is 0 Å². The predicted molar refractivity (Wildman–Crippen MR) is 72.2 cm³/mol. The molecule has 4 N–H and O–H groups in total. The summed E-state index contributed by atoms with van der Waals surface area (Å²) in [6.45, 7) is 2.65. The molecular formula is C13H19N3O2. The van der Waals surface area contributed by atoms with E-state index in [1.165, 1.54) is 6.07 Å². The summed E-state index contributed by atoms with van der Waals surface area (Å²) in [7, 11) is 0. The van der Waals surface area contributed by atoms with Crippen molar-refractivity contribution in [3.63, 3.8) is 0 Å². The predicted octanol–water partition coefficient (Wildman–Crippen LogP) is 2.27. The number of benzene rings is 1. The smallest absolute Gasteiger partial charge is 0.337 e. The summed E-state index contributed by atoms with van der Waals surface area (Å²) in [5.41, 5.74) is 6.19. The lowest BCUT2D eigenvalue weighted by molar-refractivity contribution is 0.0697. The van der Waals surface area contributed by atoms with Crippen LogP contribution in [-0.2, 0) is 0 Å². The van der Waals surface area contributed by atoms with Gasteiger partial charge in [-0.15, -0.1) is 0 Å². The fraction of sp³-hybridized carbons (Fsp3) is 0.385. The average molecular weight is 249 g/mol. The van der Waals surface area contributed by atoms with Crippen molar-refractivity contribution in [3.8, 4) is 0 Å². The Morgan fingerprint density at radius 3 is 2.61 bits per heavy atom. The second-order valence-corrected chi connectivity index (χ2v) is 4.07. The summed E-state index contributed by atoms with van der Waals surface area (Å²) in [5.74, 6) is -1.13. The Hall–Kier alpha value is -2.04. The molecule has 0 amide bonds. The first kappa shape index (κ1) is 14.0. The van der Waals surface area contributed by atoms with Crippen molar-refractivity contribution in [3.05, 3.63) is 29.8 Å². The number of nitrogens with one attached hydrogen (secondary N) is 1. The summed E-state index contributed by atoms with van der Waals surface area (Å²) in [6, 6.07) is 6.61. The molecule has 1 aromatic carbocycles. The monoisotopic (exact) mass is 249 g/mol. The molecule has 0 aliphatic carbocycles. The highest BCUT2D eigenvalue weighted by molar-refractivity contribution is 6.01. The molecule has 0 saturated carbocycles. The summed E-state index contributed by atoms with van der Waals surface area (Å²) in [4.78, 5) is 12.7. The lowest BCUT2D eigenvalue weighted by atomic mass is 10.1. The van der Waals surface area contributed by atoms with Crippen LogP contribution in [0.5, 0.6) is 0 Å². The van der Waals surface area contributed by atoms with Crippen LogP contribution in [0, 0.1) is 5.41 Å². The number of guanidine groups is 1. The quantitative estimate of drug-likeness (QED) is 0.410. The number of hydrogen-bond acceptors (Lipinski definition) is 2. The summed E-state index contributed by atoms with van der Waals surface area (Å²) < 4.78 is 0. The van der Waals surface area contributed by atoms with E-state index < -0.39 is 5.97 Å². The van der Waals surface area contributed by atoms with Crippen molar-refractivity contribution in [2.45, 2.75) is 26.2 Å². The van der Waals surface area contributed by atoms with Gasteiger partial charge in [0, 0.05) is 6.54 Å². The molecular weight excluding hydrogens is 230 g/mol. The van der Waals surface area contributed by atoms with Gasteiger partial charge in [0.2, 0.25) is 0 Å². The van der Waals surface area contributed by atoms with E-state index in [1.54, 1.807) is 23.1 Å². The Balaban J connectivity index is 2.98. The van der Waals surface area contributed by atoms with Crippen molar-refractivity contribution >= 4 is 17.6 Å². The van der Waals surface area contributed by atoms with Gasteiger partial charge in [0.1, 0.15) is 0 Å². The van der Waals surface area contributed by atoms with Gasteiger partial charge in [-0.2, -0.15) is 0 Å². The van der Waals surface area contributed by atoms with E-state index in [2.05, 4.69) is 6.92 Å². The van der Waals surface area contributed by atoms with Gasteiger partial charge in [0.05, 0.1) is 11.3 Å². The van der Waals surface area contributed by atoms with Crippen molar-refractivity contribution < 1.29 is 9.90 Å². The van der Waals surface area contributed by atoms with Crippen LogP contribution in [-0.4, -0.2) is 23.6 Å². The van der Waals surface area contributed by atoms with E-state index in [1.807, 2.05) is 0 Å². The lowest BCUT2D eigenvalue weighted by Crippen LogP contribution is -2.38. The summed E-state index contributed by atoms with van der Waals surface area (Å²) in [6.07, 6.45) is 2.97. The highest BCUT2D eigenvalue weighted by atomic mass is 16.4. The number of nitrogens with zero attached hydrogens (tertiary/aromatic N) is 1. The highest BCUT2D eigenvalue weighted by Gasteiger charge is 2.16. The van der Waals surface area contributed by atoms with E-state index in [-0.39, 0.29) is 11.5 Å². The average Bonchev–Trinajstić information content (AvgIpc) is 2.34. The van der Waals surface area contributed by atoms with Crippen molar-refractivity contribution in [2.75, 3.05) is 11.4 Å². The Kier molecular flexibility index (Phi) is 5.17. The number of hydrogen-bond donors (Lipinski definition) is 3. The summed E-state index contributed by atoms with van der Waals surface area (Å²) in [5, 5.41) is 16.7. The Bertz CT molecular complexity index is 432. The zero-order chi connectivity index (χ0) is 13.5. The molecule has 5 heteroatoms. The summed E-state index contributed by atoms with van der Waals surface area (Å²) >= 11 is 0. The number of carboxylic acid groups (broad SMARTS) is 1. The Labute approximate surface area is 107 Å². The number of unbranched alkanes of at least 4 members (excludes halogenated alkanes) is 2. The molecule has 1 rings (SSSR count). The fourth-order valence-corrected chi connectivity index (χ4v) is 1.78. The molecule has 0 unspecified atom stereocenters. The minimum atomic E-state index is -1.01. The zero-order valence-electron chi connectivity index (χ0n) is 10.5. The second-order valence-electron chi connectivity index (χ2n) is 4.07. The SMILES string of the molecule is CCCCCN(C(=N)N)c1ccccc1C(=O)O. The van der Waals surface area contributed by atoms with Gasteiger partial charge in [-0.05, 0) is 18.6 Å². The maximum atomic E-state index is 11.1. The number of anilines is 1. The molecule has 5 nitrogen and oxygen atoms in total. The molecule has 0 radical (unpaired) electrons. The van der Waals surface area contributed by atoms with E-state index in [4.69, 9.17) is 16.2 Å². The number of para-hydroxylation sites is 1. The Morgan fingerprint density at radius 2 is 2.06 bits per heavy atom. The molecule has 0 atom stereocenters. The molecule has 0 saturated heterocycles. The number of carbonyl (C=O) groups is 1. The molecule has 0 aliphatic rings. The van der Waals surface area contributed by atoms with Crippen LogP contribution >= 0.6 is 0 Å². The molecule has 18 heavy (non-hydrogen) atoms. The fourth-order valence-electron chi connectivity index (χ4n) is 1.78. The van der Waals surface area contributed by atoms with Crippen LogP contribution in [0.3, 0.4) is 0 Å². The molecule has 0 heterocycles. The van der Waals surface area contributed by atoms with E-state index in [0.29, 0.717) is 12.2 Å². The van der Waals surface area contributed by atoms with Crippen molar-refractivity contribution in [1.29, 1.82) is 5.41 Å². The lowest BCUT2D eigenvalue weighted by Gasteiger charge is -2.24. The third kappa shape index (κ3) is 3.48. The van der Waals surface area contributed by atoms with Gasteiger partial charge in [-0.1, -0.05) is 31.9 Å². The first-order chi connectivity index (χ1) is 8.57. The zero-order valence-corrected chi connectivity index (χ0v) is 10.5. The number of aromatic carboxylic acids is 1. The molecule has 0 bridgehead atoms. The number of rotatable bonds is 6. The Morgan fingerprint density at radius 1 is 1.39 bits per heavy atom. The first-order valence-electron chi connectivity index (χ1n) is 6.01. The van der Waals surface area contributed by atoms with Gasteiger partial charge in [-0.25, -0.2) is 4.79 Å². The van der Waals surface area contributed by atoms with Gasteiger partial charge in [-0.3, -0.25) is 5.41 Å². The van der Waals surface area contributed by atoms with Crippen molar-refractivity contribution in [2.24, 2.45) is 5.73 Å². The van der Waals surface area contributed by atoms with Crippen LogP contribution in [0.1, 0.15) is 36.5 Å². The van der Waals surface area contributed by atoms with Gasteiger partial charge < -0.3 is 15.7 Å². The van der Waals surface area contributed by atoms with Crippen LogP contribution < -0.4 is 10.6 Å². The van der Waals surface area contributed by atoms with Gasteiger partial charge in [0.15, 0.2) is 5.96 Å². The van der Waals surface area contributed by atoms with Crippen LogP contribution in [0.15, 0.2) is 24.3 Å². The molecule has 0 aromatic heterocycles. The van der Waals surface area contributed by atoms with Crippen LogP contribution in [0.4, 0.5) is 5.69 Å². The van der Waals surface area contributed by atoms with E-state index in [9.17, 15) is 4.79 Å². The largest absolute Gasteiger partial charge is 0.478 e. The standard InChI is InChI=1S/C13H19N3O2/c1-2-3-6-9-16(13(14)15)11-8-5-4-7-10(11)12(17)18/h4-5,7-8H,2-3,6,9H2,1H3,(H3,14,15)(H,17,18). The van der Waals surface area contributed by atoms with E-state index >= 15 is 0 Å². The molecule has 0 aliphatic heterocycles. The minimum Gasteiger partial charge on any atom is -0.478 e. The molecule has 98 valence electrons. The van der Waals surface area contributed by atoms with Gasteiger partial charge in [0.25, 0.3) is 0 Å². The second kappa shape index (κ2) is 6.64. The van der Waals surface area contributed by atoms with Crippen molar-refractivity contribution in [1.82, 2.24) is 0 Å². The number of nitrogens with two attached hydrogens (primary N) is 1.